The number of pyridine rings is 1. The monoisotopic (exact) mass is 355 g/mol. The van der Waals surface area contributed by atoms with Gasteiger partial charge in [0.15, 0.2) is 0 Å². The molecule has 2 N–H and O–H groups in total. The third-order valence-corrected chi connectivity index (χ3v) is 3.74. The molecule has 0 spiro atoms. The van der Waals surface area contributed by atoms with Crippen molar-refractivity contribution in [1.29, 1.82) is 0 Å². The van der Waals surface area contributed by atoms with Gasteiger partial charge in [0.1, 0.15) is 11.6 Å². The minimum absolute atomic E-state index is 0.259. The van der Waals surface area contributed by atoms with Gasteiger partial charge in [-0.25, -0.2) is 9.37 Å². The van der Waals surface area contributed by atoms with E-state index in [-0.39, 0.29) is 11.7 Å². The van der Waals surface area contributed by atoms with Crippen LogP contribution in [0.1, 0.15) is 15.9 Å². The largest absolute Gasteiger partial charge is 0.380 e. The van der Waals surface area contributed by atoms with Crippen LogP contribution in [0.4, 0.5) is 15.9 Å². The van der Waals surface area contributed by atoms with Gasteiger partial charge >= 0.3 is 0 Å². The Balaban J connectivity index is 1.58. The van der Waals surface area contributed by atoms with Crippen LogP contribution in [0, 0.1) is 5.82 Å². The van der Waals surface area contributed by atoms with Crippen LogP contribution in [0.3, 0.4) is 0 Å². The minimum atomic E-state index is -0.276. The topological polar surface area (TPSA) is 54.0 Å². The number of amides is 1. The highest BCUT2D eigenvalue weighted by molar-refractivity contribution is 6.31. The Morgan fingerprint density at radius 2 is 1.88 bits per heavy atom. The molecular weight excluding hydrogens is 341 g/mol. The van der Waals surface area contributed by atoms with Gasteiger partial charge in [0.2, 0.25) is 0 Å². The summed E-state index contributed by atoms with van der Waals surface area (Å²) in [6.07, 6.45) is 1.62. The van der Waals surface area contributed by atoms with Crippen LogP contribution in [0.25, 0.3) is 0 Å². The molecule has 0 aliphatic heterocycles. The fourth-order valence-electron chi connectivity index (χ4n) is 2.20. The normalized spacial score (nSPS) is 10.3. The van der Waals surface area contributed by atoms with E-state index < -0.39 is 0 Å². The molecule has 25 heavy (non-hydrogen) atoms. The molecule has 0 fully saturated rings. The number of carbonyl (C=O) groups is 1. The molecule has 0 aliphatic carbocycles. The smallest absolute Gasteiger partial charge is 0.256 e. The van der Waals surface area contributed by atoms with Gasteiger partial charge in [0.25, 0.3) is 5.91 Å². The Labute approximate surface area is 149 Å². The minimum Gasteiger partial charge on any atom is -0.380 e. The molecule has 0 bridgehead atoms. The standard InChI is InChI=1S/C19H15ClFN3O/c20-15-3-1-2-14(10-15)19(25)24-18-9-8-17(12-23-18)22-11-13-4-6-16(21)7-5-13/h1-10,12,22H,11H2,(H,23,24,25). The number of aromatic nitrogens is 1. The van der Waals surface area contributed by atoms with E-state index in [2.05, 4.69) is 15.6 Å². The first kappa shape index (κ1) is 16.9. The van der Waals surface area contributed by atoms with E-state index in [1.807, 2.05) is 6.07 Å². The second-order valence-corrected chi connectivity index (χ2v) is 5.81. The SMILES string of the molecule is O=C(Nc1ccc(NCc2ccc(F)cc2)cn1)c1cccc(Cl)c1. The van der Waals surface area contributed by atoms with E-state index in [1.54, 1.807) is 48.7 Å². The summed E-state index contributed by atoms with van der Waals surface area (Å²) in [4.78, 5) is 16.3. The van der Waals surface area contributed by atoms with Crippen molar-refractivity contribution in [3.05, 3.63) is 88.8 Å². The number of halogens is 2. The van der Waals surface area contributed by atoms with Gasteiger partial charge in [-0.05, 0) is 48.0 Å². The van der Waals surface area contributed by atoms with E-state index in [1.165, 1.54) is 12.1 Å². The molecule has 1 heterocycles. The van der Waals surface area contributed by atoms with Gasteiger partial charge < -0.3 is 10.6 Å². The lowest BCUT2D eigenvalue weighted by Crippen LogP contribution is -2.12. The molecule has 0 unspecified atom stereocenters. The number of carbonyl (C=O) groups excluding carboxylic acids is 1. The molecule has 0 aliphatic rings. The number of anilines is 2. The quantitative estimate of drug-likeness (QED) is 0.695. The third-order valence-electron chi connectivity index (χ3n) is 3.50. The number of benzene rings is 2. The van der Waals surface area contributed by atoms with Crippen molar-refractivity contribution in [3.8, 4) is 0 Å². The molecule has 0 radical (unpaired) electrons. The summed E-state index contributed by atoms with van der Waals surface area (Å²) in [6.45, 7) is 0.552. The van der Waals surface area contributed by atoms with Crippen LogP contribution in [0.2, 0.25) is 5.02 Å². The number of hydrogen-bond acceptors (Lipinski definition) is 3. The lowest BCUT2D eigenvalue weighted by atomic mass is 10.2. The van der Waals surface area contributed by atoms with E-state index in [0.717, 1.165) is 11.3 Å². The zero-order chi connectivity index (χ0) is 17.6. The Morgan fingerprint density at radius 1 is 1.08 bits per heavy atom. The maximum absolute atomic E-state index is 12.9. The summed E-state index contributed by atoms with van der Waals surface area (Å²) in [5.41, 5.74) is 2.22. The summed E-state index contributed by atoms with van der Waals surface area (Å²) >= 11 is 5.88. The zero-order valence-electron chi connectivity index (χ0n) is 13.2. The van der Waals surface area contributed by atoms with Crippen molar-refractivity contribution in [2.45, 2.75) is 6.54 Å². The molecule has 1 amide bonds. The summed E-state index contributed by atoms with van der Waals surface area (Å²) in [7, 11) is 0. The second-order valence-electron chi connectivity index (χ2n) is 5.38. The summed E-state index contributed by atoms with van der Waals surface area (Å²) in [5.74, 6) is -0.0930. The molecule has 0 saturated carbocycles. The lowest BCUT2D eigenvalue weighted by Gasteiger charge is -2.08. The van der Waals surface area contributed by atoms with Crippen LogP contribution in [0.15, 0.2) is 66.9 Å². The first-order chi connectivity index (χ1) is 12.1. The first-order valence-electron chi connectivity index (χ1n) is 7.61. The lowest BCUT2D eigenvalue weighted by molar-refractivity contribution is 0.102. The summed E-state index contributed by atoms with van der Waals surface area (Å²) < 4.78 is 12.9. The Hall–Kier alpha value is -2.92. The highest BCUT2D eigenvalue weighted by Gasteiger charge is 2.07. The van der Waals surface area contributed by atoms with Gasteiger partial charge in [-0.15, -0.1) is 0 Å². The van der Waals surface area contributed by atoms with Crippen LogP contribution >= 0.6 is 11.6 Å². The third kappa shape index (κ3) is 4.78. The number of hydrogen-bond donors (Lipinski definition) is 2. The Bertz CT molecular complexity index is 867. The Morgan fingerprint density at radius 3 is 2.56 bits per heavy atom. The van der Waals surface area contributed by atoms with Crippen molar-refractivity contribution in [3.63, 3.8) is 0 Å². The van der Waals surface area contributed by atoms with Gasteiger partial charge in [-0.3, -0.25) is 4.79 Å². The van der Waals surface area contributed by atoms with Crippen molar-refractivity contribution in [2.24, 2.45) is 0 Å². The van der Waals surface area contributed by atoms with Crippen molar-refractivity contribution >= 4 is 29.0 Å². The van der Waals surface area contributed by atoms with E-state index in [0.29, 0.717) is 22.9 Å². The summed E-state index contributed by atoms with van der Waals surface area (Å²) in [6, 6.07) is 16.5. The molecule has 6 heteroatoms. The van der Waals surface area contributed by atoms with Crippen molar-refractivity contribution in [2.75, 3.05) is 10.6 Å². The van der Waals surface area contributed by atoms with Gasteiger partial charge in [0, 0.05) is 17.1 Å². The average molecular weight is 356 g/mol. The molecule has 3 aromatic rings. The molecule has 4 nitrogen and oxygen atoms in total. The highest BCUT2D eigenvalue weighted by atomic mass is 35.5. The average Bonchev–Trinajstić information content (AvgIpc) is 2.62. The maximum atomic E-state index is 12.9. The van der Waals surface area contributed by atoms with E-state index in [4.69, 9.17) is 11.6 Å². The predicted molar refractivity (Wildman–Crippen MR) is 97.4 cm³/mol. The number of rotatable bonds is 5. The molecule has 0 saturated heterocycles. The van der Waals surface area contributed by atoms with Crippen LogP contribution in [-0.2, 0) is 6.54 Å². The van der Waals surface area contributed by atoms with Gasteiger partial charge in [0.05, 0.1) is 11.9 Å². The van der Waals surface area contributed by atoms with E-state index in [9.17, 15) is 9.18 Å². The predicted octanol–water partition coefficient (Wildman–Crippen LogP) is 4.74. The molecule has 126 valence electrons. The molecule has 2 aromatic carbocycles. The molecule has 0 atom stereocenters. The second kappa shape index (κ2) is 7.77. The first-order valence-corrected chi connectivity index (χ1v) is 7.99. The fraction of sp³-hybridized carbons (Fsp3) is 0.0526. The number of nitrogens with one attached hydrogen (secondary N) is 2. The van der Waals surface area contributed by atoms with Crippen LogP contribution < -0.4 is 10.6 Å². The van der Waals surface area contributed by atoms with Crippen LogP contribution in [0.5, 0.6) is 0 Å². The summed E-state index contributed by atoms with van der Waals surface area (Å²) in [5, 5.41) is 6.40. The molecule has 3 rings (SSSR count). The van der Waals surface area contributed by atoms with Gasteiger partial charge in [-0.2, -0.15) is 0 Å². The molecule has 1 aromatic heterocycles. The maximum Gasteiger partial charge on any atom is 0.256 e. The zero-order valence-corrected chi connectivity index (χ0v) is 13.9. The number of nitrogens with zero attached hydrogens (tertiary/aromatic N) is 1. The van der Waals surface area contributed by atoms with Gasteiger partial charge in [-0.1, -0.05) is 29.8 Å². The van der Waals surface area contributed by atoms with Crippen LogP contribution in [-0.4, -0.2) is 10.9 Å². The van der Waals surface area contributed by atoms with E-state index >= 15 is 0 Å². The van der Waals surface area contributed by atoms with Crippen molar-refractivity contribution < 1.29 is 9.18 Å². The fourth-order valence-corrected chi connectivity index (χ4v) is 2.39. The van der Waals surface area contributed by atoms with Crippen molar-refractivity contribution in [1.82, 2.24) is 4.98 Å². The molecular formula is C19H15ClFN3O. The Kier molecular flexibility index (Phi) is 5.26. The highest BCUT2D eigenvalue weighted by Crippen LogP contribution is 2.15.